The number of nitrogens with zero attached hydrogens (tertiary/aromatic N) is 3. The third-order valence-electron chi connectivity index (χ3n) is 4.39. The summed E-state index contributed by atoms with van der Waals surface area (Å²) in [7, 11) is 0. The molecule has 0 fully saturated rings. The van der Waals surface area contributed by atoms with E-state index in [1.54, 1.807) is 29.8 Å². The summed E-state index contributed by atoms with van der Waals surface area (Å²) in [6.45, 7) is 5.33. The van der Waals surface area contributed by atoms with Gasteiger partial charge in [-0.25, -0.2) is 14.1 Å². The van der Waals surface area contributed by atoms with Crippen molar-refractivity contribution >= 4 is 34.3 Å². The summed E-state index contributed by atoms with van der Waals surface area (Å²) in [6.07, 6.45) is 0. The first kappa shape index (κ1) is 18.2. The van der Waals surface area contributed by atoms with E-state index in [9.17, 15) is 9.18 Å². The van der Waals surface area contributed by atoms with Gasteiger partial charge < -0.3 is 9.73 Å². The Morgan fingerprint density at radius 3 is 2.71 bits per heavy atom. The van der Waals surface area contributed by atoms with Gasteiger partial charge in [-0.15, -0.1) is 0 Å². The van der Waals surface area contributed by atoms with Crippen LogP contribution in [0.3, 0.4) is 0 Å². The minimum atomic E-state index is -0.587. The normalized spacial score (nSPS) is 11.2. The number of hydrogen-bond donors (Lipinski definition) is 1. The lowest BCUT2D eigenvalue weighted by Gasteiger charge is -2.09. The number of oxazole rings is 1. The third-order valence-corrected chi connectivity index (χ3v) is 4.94. The van der Waals surface area contributed by atoms with Gasteiger partial charge in [0.05, 0.1) is 27.8 Å². The lowest BCUT2D eigenvalue weighted by atomic mass is 10.1. The van der Waals surface area contributed by atoms with Crippen LogP contribution in [-0.2, 0) is 0 Å². The summed E-state index contributed by atoms with van der Waals surface area (Å²) < 4.78 is 21.4. The van der Waals surface area contributed by atoms with E-state index < -0.39 is 11.7 Å². The van der Waals surface area contributed by atoms with Gasteiger partial charge in [0.1, 0.15) is 11.3 Å². The first-order valence-corrected chi connectivity index (χ1v) is 8.91. The third kappa shape index (κ3) is 3.14. The molecule has 6 nitrogen and oxygen atoms in total. The molecule has 8 heteroatoms. The second kappa shape index (κ2) is 6.76. The lowest BCUT2D eigenvalue weighted by molar-refractivity contribution is 0.102. The summed E-state index contributed by atoms with van der Waals surface area (Å²) in [5, 5.41) is 7.55. The monoisotopic (exact) mass is 398 g/mol. The SMILES string of the molecule is Cc1nc2cc(F)c(NC(=O)c3cccc(-n4nc(C)c(Cl)c4C)c3)cc2o1. The van der Waals surface area contributed by atoms with Crippen LogP contribution in [0.4, 0.5) is 10.1 Å². The van der Waals surface area contributed by atoms with Crippen LogP contribution < -0.4 is 5.32 Å². The van der Waals surface area contributed by atoms with Gasteiger partial charge in [0, 0.05) is 24.6 Å². The number of nitrogens with one attached hydrogen (secondary N) is 1. The van der Waals surface area contributed by atoms with E-state index in [1.165, 1.54) is 12.1 Å². The minimum absolute atomic E-state index is 0.0215. The van der Waals surface area contributed by atoms with E-state index in [2.05, 4.69) is 15.4 Å². The number of benzene rings is 2. The predicted molar refractivity (Wildman–Crippen MR) is 105 cm³/mol. The Hall–Kier alpha value is -3.19. The molecule has 0 bridgehead atoms. The molecule has 0 aliphatic carbocycles. The average Bonchev–Trinajstić information content (AvgIpc) is 3.15. The second-order valence-corrected chi connectivity index (χ2v) is 6.81. The average molecular weight is 399 g/mol. The smallest absolute Gasteiger partial charge is 0.255 e. The Bertz CT molecular complexity index is 1230. The number of aromatic nitrogens is 3. The summed E-state index contributed by atoms with van der Waals surface area (Å²) in [5.74, 6) is -0.617. The standard InChI is InChI=1S/C20H16ClFN4O2/c1-10-19(21)11(2)26(25-10)14-6-4-5-13(7-14)20(27)24-16-9-18-17(8-15(16)22)23-12(3)28-18/h4-9H,1-3H3,(H,24,27). The fourth-order valence-electron chi connectivity index (χ4n) is 3.01. The van der Waals surface area contributed by atoms with Crippen molar-refractivity contribution in [2.75, 3.05) is 5.32 Å². The zero-order chi connectivity index (χ0) is 20.0. The van der Waals surface area contributed by atoms with Crippen LogP contribution in [0.15, 0.2) is 40.8 Å². The lowest BCUT2D eigenvalue weighted by Crippen LogP contribution is -2.13. The summed E-state index contributed by atoms with van der Waals surface area (Å²) in [4.78, 5) is 16.7. The maximum atomic E-state index is 14.3. The van der Waals surface area contributed by atoms with E-state index in [-0.39, 0.29) is 5.69 Å². The second-order valence-electron chi connectivity index (χ2n) is 6.43. The molecule has 0 unspecified atom stereocenters. The molecule has 0 aliphatic heterocycles. The van der Waals surface area contributed by atoms with Crippen LogP contribution in [0.2, 0.25) is 5.02 Å². The zero-order valence-electron chi connectivity index (χ0n) is 15.4. The molecule has 1 N–H and O–H groups in total. The molecule has 4 aromatic rings. The summed E-state index contributed by atoms with van der Waals surface area (Å²) >= 11 is 6.21. The number of carbonyl (C=O) groups excluding carboxylic acids is 1. The van der Waals surface area contributed by atoms with Gasteiger partial charge in [0.15, 0.2) is 11.5 Å². The summed E-state index contributed by atoms with van der Waals surface area (Å²) in [5.41, 5.74) is 3.34. The van der Waals surface area contributed by atoms with Gasteiger partial charge in [-0.05, 0) is 32.0 Å². The van der Waals surface area contributed by atoms with Crippen molar-refractivity contribution in [3.63, 3.8) is 0 Å². The molecule has 0 radical (unpaired) electrons. The number of halogens is 2. The van der Waals surface area contributed by atoms with Crippen LogP contribution >= 0.6 is 11.6 Å². The van der Waals surface area contributed by atoms with E-state index in [1.807, 2.05) is 19.9 Å². The highest BCUT2D eigenvalue weighted by molar-refractivity contribution is 6.31. The zero-order valence-corrected chi connectivity index (χ0v) is 16.1. The molecule has 2 aromatic heterocycles. The van der Waals surface area contributed by atoms with Gasteiger partial charge in [0.2, 0.25) is 0 Å². The largest absolute Gasteiger partial charge is 0.441 e. The summed E-state index contributed by atoms with van der Waals surface area (Å²) in [6, 6.07) is 9.51. The van der Waals surface area contributed by atoms with Crippen molar-refractivity contribution in [2.24, 2.45) is 0 Å². The van der Waals surface area contributed by atoms with E-state index in [0.717, 1.165) is 5.69 Å². The topological polar surface area (TPSA) is 73.0 Å². The van der Waals surface area contributed by atoms with Crippen molar-refractivity contribution < 1.29 is 13.6 Å². The van der Waals surface area contributed by atoms with Crippen LogP contribution in [-0.4, -0.2) is 20.7 Å². The van der Waals surface area contributed by atoms with Gasteiger partial charge in [-0.3, -0.25) is 4.79 Å². The van der Waals surface area contributed by atoms with Crippen molar-refractivity contribution in [3.8, 4) is 5.69 Å². The van der Waals surface area contributed by atoms with Crippen LogP contribution in [0.1, 0.15) is 27.6 Å². The highest BCUT2D eigenvalue weighted by Crippen LogP contribution is 2.25. The molecule has 0 aliphatic rings. The Balaban J connectivity index is 1.65. The van der Waals surface area contributed by atoms with E-state index in [0.29, 0.717) is 39.0 Å². The first-order valence-electron chi connectivity index (χ1n) is 8.53. The highest BCUT2D eigenvalue weighted by Gasteiger charge is 2.15. The number of rotatable bonds is 3. The highest BCUT2D eigenvalue weighted by atomic mass is 35.5. The fourth-order valence-corrected chi connectivity index (χ4v) is 3.13. The van der Waals surface area contributed by atoms with Gasteiger partial charge in [-0.2, -0.15) is 5.10 Å². The Kier molecular flexibility index (Phi) is 4.39. The quantitative estimate of drug-likeness (QED) is 0.528. The number of fused-ring (bicyclic) bond motifs is 1. The van der Waals surface area contributed by atoms with Crippen molar-refractivity contribution in [1.82, 2.24) is 14.8 Å². The first-order chi connectivity index (χ1) is 13.3. The number of hydrogen-bond acceptors (Lipinski definition) is 4. The Labute approximate surface area is 164 Å². The molecule has 0 saturated carbocycles. The Morgan fingerprint density at radius 2 is 2.00 bits per heavy atom. The molecule has 28 heavy (non-hydrogen) atoms. The number of aryl methyl sites for hydroxylation is 2. The molecule has 142 valence electrons. The fraction of sp³-hybridized carbons (Fsp3) is 0.150. The van der Waals surface area contributed by atoms with Crippen LogP contribution in [0.5, 0.6) is 0 Å². The molecule has 0 spiro atoms. The van der Waals surface area contributed by atoms with E-state index >= 15 is 0 Å². The molecule has 0 saturated heterocycles. The molecular weight excluding hydrogens is 383 g/mol. The predicted octanol–water partition coefficient (Wildman–Crippen LogP) is 4.98. The molecule has 2 heterocycles. The van der Waals surface area contributed by atoms with Gasteiger partial charge in [0.25, 0.3) is 5.91 Å². The molecule has 2 aromatic carbocycles. The molecular formula is C20H16ClFN4O2. The van der Waals surface area contributed by atoms with Gasteiger partial charge >= 0.3 is 0 Å². The van der Waals surface area contributed by atoms with Crippen molar-refractivity contribution in [3.05, 3.63) is 70.1 Å². The molecule has 1 amide bonds. The van der Waals surface area contributed by atoms with Crippen molar-refractivity contribution in [1.29, 1.82) is 0 Å². The number of amides is 1. The van der Waals surface area contributed by atoms with Gasteiger partial charge in [-0.1, -0.05) is 17.7 Å². The molecule has 0 atom stereocenters. The van der Waals surface area contributed by atoms with Crippen LogP contribution in [0.25, 0.3) is 16.8 Å². The van der Waals surface area contributed by atoms with Crippen LogP contribution in [0, 0.1) is 26.6 Å². The Morgan fingerprint density at radius 1 is 1.21 bits per heavy atom. The maximum absolute atomic E-state index is 14.3. The molecule has 4 rings (SSSR count). The van der Waals surface area contributed by atoms with E-state index in [4.69, 9.17) is 16.0 Å². The maximum Gasteiger partial charge on any atom is 0.255 e. The minimum Gasteiger partial charge on any atom is -0.441 e. The number of anilines is 1. The number of carbonyl (C=O) groups is 1. The van der Waals surface area contributed by atoms with Crippen molar-refractivity contribution in [2.45, 2.75) is 20.8 Å².